The number of carbonyl (C=O) groups excluding carboxylic acids is 2. The summed E-state index contributed by atoms with van der Waals surface area (Å²) >= 11 is 0. The number of morpholine rings is 1. The first-order valence-electron chi connectivity index (χ1n) is 8.25. The third kappa shape index (κ3) is 4.99. The van der Waals surface area contributed by atoms with Crippen molar-refractivity contribution in [2.24, 2.45) is 0 Å². The van der Waals surface area contributed by atoms with Crippen LogP contribution >= 0.6 is 0 Å². The Kier molecular flexibility index (Phi) is 6.46. The van der Waals surface area contributed by atoms with E-state index >= 15 is 0 Å². The summed E-state index contributed by atoms with van der Waals surface area (Å²) < 4.78 is 5.20. The van der Waals surface area contributed by atoms with Crippen LogP contribution in [0.1, 0.15) is 31.4 Å². The minimum atomic E-state index is -0.459. The maximum Gasteiger partial charge on any atom is 0.269 e. The highest BCUT2D eigenvalue weighted by Gasteiger charge is 2.22. The summed E-state index contributed by atoms with van der Waals surface area (Å²) in [5.74, 6) is -0.214. The molecule has 0 aromatic heterocycles. The zero-order valence-corrected chi connectivity index (χ0v) is 14.5. The van der Waals surface area contributed by atoms with Gasteiger partial charge in [-0.1, -0.05) is 12.1 Å². The molecule has 0 radical (unpaired) electrons. The molecule has 136 valence electrons. The van der Waals surface area contributed by atoms with Crippen LogP contribution in [0.15, 0.2) is 24.3 Å². The summed E-state index contributed by atoms with van der Waals surface area (Å²) in [4.78, 5) is 38.1. The number of nitrogens with zero attached hydrogens (tertiary/aromatic N) is 3. The van der Waals surface area contributed by atoms with E-state index in [1.54, 1.807) is 31.0 Å². The van der Waals surface area contributed by atoms with E-state index in [2.05, 4.69) is 0 Å². The molecule has 1 aromatic carbocycles. The van der Waals surface area contributed by atoms with Gasteiger partial charge in [-0.15, -0.1) is 0 Å². The van der Waals surface area contributed by atoms with Crippen molar-refractivity contribution in [2.75, 3.05) is 33.4 Å². The second-order valence-electron chi connectivity index (χ2n) is 6.03. The SMILES string of the molecule is C[C@@H](c1cccc([N+](=O)[O-])c1)N(C)C(=O)CCC(=O)N1CCOCC1. The molecule has 1 heterocycles. The van der Waals surface area contributed by atoms with Gasteiger partial charge in [-0.2, -0.15) is 0 Å². The number of ether oxygens (including phenoxy) is 1. The molecule has 8 heteroatoms. The van der Waals surface area contributed by atoms with Crippen molar-refractivity contribution in [3.63, 3.8) is 0 Å². The van der Waals surface area contributed by atoms with Gasteiger partial charge in [0.25, 0.3) is 5.69 Å². The van der Waals surface area contributed by atoms with Crippen LogP contribution in [0.2, 0.25) is 0 Å². The normalized spacial score (nSPS) is 15.5. The van der Waals surface area contributed by atoms with Crippen molar-refractivity contribution < 1.29 is 19.2 Å². The van der Waals surface area contributed by atoms with Gasteiger partial charge in [0.15, 0.2) is 0 Å². The molecular formula is C17H23N3O5. The van der Waals surface area contributed by atoms with E-state index in [9.17, 15) is 19.7 Å². The van der Waals surface area contributed by atoms with Crippen LogP contribution in [0.4, 0.5) is 5.69 Å². The largest absolute Gasteiger partial charge is 0.378 e. The Morgan fingerprint density at radius 3 is 2.64 bits per heavy atom. The van der Waals surface area contributed by atoms with Crippen LogP contribution in [0.25, 0.3) is 0 Å². The average Bonchev–Trinajstić information content (AvgIpc) is 2.65. The predicted molar refractivity (Wildman–Crippen MR) is 90.9 cm³/mol. The Balaban J connectivity index is 1.91. The molecule has 1 aliphatic rings. The van der Waals surface area contributed by atoms with Crippen LogP contribution in [0.3, 0.4) is 0 Å². The molecule has 2 rings (SSSR count). The number of nitro groups is 1. The van der Waals surface area contributed by atoms with E-state index in [4.69, 9.17) is 4.74 Å². The maximum absolute atomic E-state index is 12.4. The number of amides is 2. The maximum atomic E-state index is 12.4. The van der Waals surface area contributed by atoms with Crippen LogP contribution in [0, 0.1) is 10.1 Å². The molecule has 0 spiro atoms. The molecule has 0 saturated carbocycles. The van der Waals surface area contributed by atoms with Gasteiger partial charge in [0.05, 0.1) is 24.2 Å². The molecule has 8 nitrogen and oxygen atoms in total. The lowest BCUT2D eigenvalue weighted by Gasteiger charge is -2.28. The number of hydrogen-bond acceptors (Lipinski definition) is 5. The Labute approximate surface area is 146 Å². The van der Waals surface area contributed by atoms with Crippen molar-refractivity contribution in [3.8, 4) is 0 Å². The Morgan fingerprint density at radius 2 is 2.00 bits per heavy atom. The van der Waals surface area contributed by atoms with E-state index in [0.29, 0.717) is 31.9 Å². The van der Waals surface area contributed by atoms with Crippen LogP contribution in [0.5, 0.6) is 0 Å². The smallest absolute Gasteiger partial charge is 0.269 e. The highest BCUT2D eigenvalue weighted by atomic mass is 16.6. The summed E-state index contributed by atoms with van der Waals surface area (Å²) in [6.45, 7) is 3.99. The molecular weight excluding hydrogens is 326 g/mol. The summed E-state index contributed by atoms with van der Waals surface area (Å²) in [5, 5.41) is 10.9. The molecule has 0 N–H and O–H groups in total. The average molecular weight is 349 g/mol. The fraction of sp³-hybridized carbons (Fsp3) is 0.529. The van der Waals surface area contributed by atoms with Crippen molar-refractivity contribution >= 4 is 17.5 Å². The van der Waals surface area contributed by atoms with E-state index in [-0.39, 0.29) is 36.4 Å². The third-order valence-electron chi connectivity index (χ3n) is 4.45. The number of rotatable bonds is 6. The molecule has 25 heavy (non-hydrogen) atoms. The molecule has 0 aliphatic carbocycles. The zero-order chi connectivity index (χ0) is 18.4. The molecule has 1 aliphatic heterocycles. The highest BCUT2D eigenvalue weighted by Crippen LogP contribution is 2.23. The summed E-state index contributed by atoms with van der Waals surface area (Å²) in [6, 6.07) is 5.92. The van der Waals surface area contributed by atoms with Crippen LogP contribution in [-0.2, 0) is 14.3 Å². The Bertz CT molecular complexity index is 643. The number of benzene rings is 1. The van der Waals surface area contributed by atoms with Crippen molar-refractivity contribution in [1.82, 2.24) is 9.80 Å². The minimum Gasteiger partial charge on any atom is -0.378 e. The minimum absolute atomic E-state index is 0.00676. The summed E-state index contributed by atoms with van der Waals surface area (Å²) in [7, 11) is 1.64. The molecule has 0 bridgehead atoms. The number of nitro benzene ring substituents is 1. The Morgan fingerprint density at radius 1 is 1.32 bits per heavy atom. The highest BCUT2D eigenvalue weighted by molar-refractivity contribution is 5.84. The number of non-ortho nitro benzene ring substituents is 1. The lowest BCUT2D eigenvalue weighted by atomic mass is 10.1. The lowest BCUT2D eigenvalue weighted by Crippen LogP contribution is -2.41. The van der Waals surface area contributed by atoms with Gasteiger partial charge in [-0.05, 0) is 12.5 Å². The molecule has 1 atom stereocenters. The molecule has 1 aromatic rings. The molecule has 0 unspecified atom stereocenters. The van der Waals surface area contributed by atoms with E-state index in [1.807, 2.05) is 0 Å². The van der Waals surface area contributed by atoms with E-state index < -0.39 is 4.92 Å². The van der Waals surface area contributed by atoms with Gasteiger partial charge in [0, 0.05) is 45.1 Å². The second-order valence-corrected chi connectivity index (χ2v) is 6.03. The summed E-state index contributed by atoms with van der Waals surface area (Å²) in [6.07, 6.45) is 0.275. The molecule has 2 amide bonds. The molecule has 1 fully saturated rings. The number of carbonyl (C=O) groups is 2. The first-order chi connectivity index (χ1) is 11.9. The first-order valence-corrected chi connectivity index (χ1v) is 8.25. The van der Waals surface area contributed by atoms with Crippen LogP contribution < -0.4 is 0 Å². The third-order valence-corrected chi connectivity index (χ3v) is 4.45. The van der Waals surface area contributed by atoms with Gasteiger partial charge >= 0.3 is 0 Å². The number of hydrogen-bond donors (Lipinski definition) is 0. The van der Waals surface area contributed by atoms with E-state index in [1.165, 1.54) is 17.0 Å². The van der Waals surface area contributed by atoms with Gasteiger partial charge in [0.1, 0.15) is 0 Å². The topological polar surface area (TPSA) is 93.0 Å². The standard InChI is InChI=1S/C17H23N3O5/c1-13(14-4-3-5-15(12-14)20(23)24)18(2)16(21)6-7-17(22)19-8-10-25-11-9-19/h3-5,12-13H,6-11H2,1-2H3/t13-/m0/s1. The second kappa shape index (κ2) is 8.57. The fourth-order valence-corrected chi connectivity index (χ4v) is 2.70. The van der Waals surface area contributed by atoms with Crippen molar-refractivity contribution in [3.05, 3.63) is 39.9 Å². The predicted octanol–water partition coefficient (Wildman–Crippen LogP) is 1.75. The fourth-order valence-electron chi connectivity index (χ4n) is 2.70. The molecule has 1 saturated heterocycles. The Hall–Kier alpha value is -2.48. The van der Waals surface area contributed by atoms with Gasteiger partial charge in [-0.25, -0.2) is 0 Å². The van der Waals surface area contributed by atoms with Gasteiger partial charge < -0.3 is 14.5 Å². The summed E-state index contributed by atoms with van der Waals surface area (Å²) in [5.41, 5.74) is 0.678. The van der Waals surface area contributed by atoms with Crippen molar-refractivity contribution in [1.29, 1.82) is 0 Å². The lowest BCUT2D eigenvalue weighted by molar-refractivity contribution is -0.384. The zero-order valence-electron chi connectivity index (χ0n) is 14.5. The van der Waals surface area contributed by atoms with Crippen molar-refractivity contribution in [2.45, 2.75) is 25.8 Å². The van der Waals surface area contributed by atoms with Gasteiger partial charge in [0.2, 0.25) is 11.8 Å². The monoisotopic (exact) mass is 349 g/mol. The van der Waals surface area contributed by atoms with Crippen LogP contribution in [-0.4, -0.2) is 59.9 Å². The van der Waals surface area contributed by atoms with E-state index in [0.717, 1.165) is 0 Å². The van der Waals surface area contributed by atoms with Gasteiger partial charge in [-0.3, -0.25) is 19.7 Å². The first kappa shape index (κ1) is 18.9. The quantitative estimate of drug-likeness (QED) is 0.576.